The van der Waals surface area contributed by atoms with Crippen LogP contribution in [0.25, 0.3) is 0 Å². The number of β-amino-alcohol motifs (C(OH)–C–C–N with tert-alkyl or cyclic N) is 1. The molecule has 2 aliphatic carbocycles. The number of fused-ring (bicyclic) bond motifs is 2. The van der Waals surface area contributed by atoms with Crippen molar-refractivity contribution in [3.63, 3.8) is 0 Å². The van der Waals surface area contributed by atoms with Crippen LogP contribution in [0.5, 0.6) is 6.01 Å². The molecule has 2 N–H and O–H groups in total. The predicted molar refractivity (Wildman–Crippen MR) is 199 cm³/mol. The van der Waals surface area contributed by atoms with Crippen LogP contribution in [0, 0.1) is 18.2 Å². The van der Waals surface area contributed by atoms with E-state index in [9.17, 15) is 14.3 Å². The second-order valence-electron chi connectivity index (χ2n) is 15.7. The van der Waals surface area contributed by atoms with E-state index < -0.39 is 28.7 Å². The molecule has 53 heavy (non-hydrogen) atoms. The number of likely N-dealkylation sites (N-methyl/N-ethyl adjacent to an activating group) is 1. The molecule has 2 aliphatic heterocycles. The minimum atomic E-state index is -1.06. The Balaban J connectivity index is 1.22. The first-order valence-electron chi connectivity index (χ1n) is 18.5. The average molecular weight is 727 g/mol. The highest BCUT2D eigenvalue weighted by Gasteiger charge is 2.45. The zero-order valence-corrected chi connectivity index (χ0v) is 30.7. The van der Waals surface area contributed by atoms with E-state index in [0.717, 1.165) is 42.5 Å². The molecule has 280 valence electrons. The molecule has 3 aromatic rings. The highest BCUT2D eigenvalue weighted by Crippen LogP contribution is 2.42. The van der Waals surface area contributed by atoms with E-state index in [1.54, 1.807) is 30.3 Å². The monoisotopic (exact) mass is 726 g/mol. The number of aliphatic hydroxyl groups is 1. The molecule has 0 unspecified atom stereocenters. The Hall–Kier alpha value is -4.83. The van der Waals surface area contributed by atoms with Crippen LogP contribution in [-0.2, 0) is 24.1 Å². The van der Waals surface area contributed by atoms with Crippen molar-refractivity contribution in [2.24, 2.45) is 0 Å². The molecule has 2 aromatic heterocycles. The number of nitrogens with zero attached hydrogens (tertiary/aromatic N) is 7. The van der Waals surface area contributed by atoms with Gasteiger partial charge in [-0.05, 0) is 57.2 Å². The van der Waals surface area contributed by atoms with Crippen LogP contribution in [0.2, 0.25) is 0 Å². The highest BCUT2D eigenvalue weighted by molar-refractivity contribution is 5.87. The molecule has 4 heterocycles. The van der Waals surface area contributed by atoms with E-state index in [1.807, 2.05) is 18.9 Å². The summed E-state index contributed by atoms with van der Waals surface area (Å²) in [5.41, 5.74) is 1.88. The first-order valence-corrected chi connectivity index (χ1v) is 18.5. The molecule has 0 spiro atoms. The maximum Gasteiger partial charge on any atom is 0.318 e. The van der Waals surface area contributed by atoms with E-state index >= 15 is 4.39 Å². The number of carbonyl (C=O) groups excluding carboxylic acids is 1. The lowest BCUT2D eigenvalue weighted by Crippen LogP contribution is -2.53. The van der Waals surface area contributed by atoms with Crippen LogP contribution >= 0.6 is 0 Å². The van der Waals surface area contributed by atoms with Crippen molar-refractivity contribution in [2.75, 3.05) is 48.4 Å². The number of anilines is 3. The van der Waals surface area contributed by atoms with Crippen LogP contribution in [0.15, 0.2) is 43.5 Å². The number of nitrogens with one attached hydrogen (secondary N) is 1. The quantitative estimate of drug-likeness (QED) is 0.223. The summed E-state index contributed by atoms with van der Waals surface area (Å²) in [6.45, 7) is 8.51. The number of aromatic nitrogens is 4. The Labute approximate surface area is 309 Å². The average Bonchev–Trinajstić information content (AvgIpc) is 3.76. The molecule has 2 fully saturated rings. The molecular formula is C40H48F2N8O3. The Bertz CT molecular complexity index is 1910. The van der Waals surface area contributed by atoms with Crippen molar-refractivity contribution in [1.29, 1.82) is 0 Å². The third kappa shape index (κ3) is 7.01. The molecule has 4 aliphatic rings. The van der Waals surface area contributed by atoms with Crippen molar-refractivity contribution < 1.29 is 23.4 Å². The smallest absolute Gasteiger partial charge is 0.318 e. The van der Waals surface area contributed by atoms with E-state index in [1.165, 1.54) is 18.5 Å². The summed E-state index contributed by atoms with van der Waals surface area (Å²) in [6.07, 6.45) is 17.0. The van der Waals surface area contributed by atoms with Gasteiger partial charge in [-0.2, -0.15) is 9.97 Å². The SMILES string of the molecule is C#Cc1c(F)ccc2c1N([C@@H]1CCc3c(nc(OC[C@]4(C)C[C@@H](F)CN4c4cncnc4)nc3NCC3(N(C)C(=O)C=C)CCCC3)C1)C[C@@](C)(O)C2. The molecule has 13 heteroatoms. The second-order valence-corrected chi connectivity index (χ2v) is 15.7. The first kappa shape index (κ1) is 36.5. The van der Waals surface area contributed by atoms with Crippen molar-refractivity contribution in [3.05, 3.63) is 71.7 Å². The Morgan fingerprint density at radius 2 is 2.00 bits per heavy atom. The zero-order valence-electron chi connectivity index (χ0n) is 30.7. The van der Waals surface area contributed by atoms with Gasteiger partial charge in [-0.3, -0.25) is 4.79 Å². The van der Waals surface area contributed by atoms with Gasteiger partial charge in [0.05, 0.1) is 58.2 Å². The van der Waals surface area contributed by atoms with E-state index in [0.29, 0.717) is 49.4 Å². The summed E-state index contributed by atoms with van der Waals surface area (Å²) in [5, 5.41) is 15.0. The number of ether oxygens (including phenoxy) is 1. The summed E-state index contributed by atoms with van der Waals surface area (Å²) in [6, 6.07) is 3.08. The van der Waals surface area contributed by atoms with Gasteiger partial charge in [-0.15, -0.1) is 6.42 Å². The summed E-state index contributed by atoms with van der Waals surface area (Å²) < 4.78 is 36.5. The fourth-order valence-electron chi connectivity index (χ4n) is 9.05. The lowest BCUT2D eigenvalue weighted by molar-refractivity contribution is -0.129. The molecule has 0 radical (unpaired) electrons. The number of amides is 1. The number of benzene rings is 1. The Kier molecular flexibility index (Phi) is 9.78. The topological polar surface area (TPSA) is 120 Å². The van der Waals surface area contributed by atoms with E-state index in [2.05, 4.69) is 32.7 Å². The third-order valence-electron chi connectivity index (χ3n) is 11.8. The number of hydrogen-bond acceptors (Lipinski definition) is 10. The van der Waals surface area contributed by atoms with Gasteiger partial charge < -0.3 is 29.9 Å². The van der Waals surface area contributed by atoms with Crippen LogP contribution in [0.3, 0.4) is 0 Å². The normalized spacial score (nSPS) is 26.0. The number of halogens is 2. The van der Waals surface area contributed by atoms with Crippen LogP contribution < -0.4 is 19.9 Å². The van der Waals surface area contributed by atoms with Crippen molar-refractivity contribution >= 4 is 23.1 Å². The molecule has 0 bridgehead atoms. The van der Waals surface area contributed by atoms with Crippen LogP contribution in [0.1, 0.15) is 74.8 Å². The summed E-state index contributed by atoms with van der Waals surface area (Å²) >= 11 is 0. The fraction of sp³-hybridized carbons (Fsp3) is 0.525. The number of rotatable bonds is 10. The standard InChI is InChI=1S/C40H48F2N8O3/c1-6-30-32(42)13-10-26-17-39(4,52)23-49(35(26)30)28-11-12-31-33(16-28)46-37(47-36(31)45-22-40(14-8-9-15-40)48(5)34(51)7-2)53-24-38(3)18-27(41)21-50(38)29-19-43-25-44-20-29/h1,7,10,13,19-20,25,27-28,52H,2,8-9,11-12,14-18,21-24H2,3-5H3,(H,45,46,47)/t27-,28-,38+,39+/m1/s1. The van der Waals surface area contributed by atoms with Gasteiger partial charge in [0.15, 0.2) is 0 Å². The Morgan fingerprint density at radius 1 is 1.25 bits per heavy atom. The van der Waals surface area contributed by atoms with Crippen LogP contribution in [0.4, 0.5) is 26.0 Å². The molecular weight excluding hydrogens is 678 g/mol. The van der Waals surface area contributed by atoms with E-state index in [4.69, 9.17) is 21.1 Å². The molecule has 4 atom stereocenters. The van der Waals surface area contributed by atoms with Crippen LogP contribution in [-0.4, -0.2) is 98.0 Å². The van der Waals surface area contributed by atoms with Gasteiger partial charge >= 0.3 is 6.01 Å². The number of alkyl halides is 1. The van der Waals surface area contributed by atoms with Gasteiger partial charge in [0.25, 0.3) is 0 Å². The zero-order chi connectivity index (χ0) is 37.5. The number of carbonyl (C=O) groups is 1. The first-order chi connectivity index (χ1) is 25.3. The van der Waals surface area contributed by atoms with Crippen molar-refractivity contribution in [2.45, 2.75) is 101 Å². The number of terminal acetylenes is 1. The van der Waals surface area contributed by atoms with Gasteiger partial charge in [0, 0.05) is 51.0 Å². The lowest BCUT2D eigenvalue weighted by atomic mass is 9.84. The van der Waals surface area contributed by atoms with Crippen molar-refractivity contribution in [1.82, 2.24) is 24.8 Å². The second kappa shape index (κ2) is 14.2. The maximum absolute atomic E-state index is 15.1. The minimum Gasteiger partial charge on any atom is -0.461 e. The Morgan fingerprint density at radius 3 is 2.72 bits per heavy atom. The molecule has 11 nitrogen and oxygen atoms in total. The maximum atomic E-state index is 15.1. The summed E-state index contributed by atoms with van der Waals surface area (Å²) in [7, 11) is 1.83. The minimum absolute atomic E-state index is 0.109. The largest absolute Gasteiger partial charge is 0.461 e. The van der Waals surface area contributed by atoms with Gasteiger partial charge in [-0.25, -0.2) is 18.7 Å². The summed E-state index contributed by atoms with van der Waals surface area (Å²) in [5.74, 6) is 2.60. The third-order valence-corrected chi connectivity index (χ3v) is 11.8. The van der Waals surface area contributed by atoms with Gasteiger partial charge in [-0.1, -0.05) is 31.4 Å². The summed E-state index contributed by atoms with van der Waals surface area (Å²) in [4.78, 5) is 36.8. The molecule has 1 saturated heterocycles. The molecule has 7 rings (SSSR count). The lowest BCUT2D eigenvalue weighted by Gasteiger charge is -2.45. The molecule has 1 saturated carbocycles. The van der Waals surface area contributed by atoms with Crippen molar-refractivity contribution in [3.8, 4) is 18.4 Å². The fourth-order valence-corrected chi connectivity index (χ4v) is 9.05. The predicted octanol–water partition coefficient (Wildman–Crippen LogP) is 4.81. The number of hydrogen-bond donors (Lipinski definition) is 2. The van der Waals surface area contributed by atoms with E-state index in [-0.39, 0.29) is 49.6 Å². The molecule has 1 aromatic carbocycles. The van der Waals surface area contributed by atoms with Gasteiger partial charge in [0.1, 0.15) is 30.7 Å². The molecule has 1 amide bonds. The highest BCUT2D eigenvalue weighted by atomic mass is 19.1. The van der Waals surface area contributed by atoms with Gasteiger partial charge in [0.2, 0.25) is 5.91 Å².